The topological polar surface area (TPSA) is 103 Å². The van der Waals surface area contributed by atoms with Gasteiger partial charge in [-0.05, 0) is 63.4 Å². The molecule has 1 aliphatic heterocycles. The van der Waals surface area contributed by atoms with Gasteiger partial charge in [0.2, 0.25) is 0 Å². The standard InChI is InChI=1S/C26H34N6O3/c1-30(2)17-20(19-7-4-3-5-8-19)10-11-21(18-33)28-25(34)31-15-12-22(13-16-31)32-23-9-6-14-27-24(23)29-26(32)35/h3-9,14,18,20-22H,10-13,15-17H2,1-2H3,(H,28,34)(H,27,29,35). The van der Waals surface area contributed by atoms with E-state index in [-0.39, 0.29) is 23.7 Å². The number of likely N-dealkylation sites (N-methyl/N-ethyl adjacent to an activating group) is 1. The van der Waals surface area contributed by atoms with Crippen molar-refractivity contribution in [2.75, 3.05) is 33.7 Å². The Morgan fingerprint density at radius 2 is 1.91 bits per heavy atom. The van der Waals surface area contributed by atoms with E-state index in [0.717, 1.165) is 24.8 Å². The number of fused-ring (bicyclic) bond motifs is 1. The molecule has 1 fully saturated rings. The Labute approximate surface area is 205 Å². The van der Waals surface area contributed by atoms with Crippen molar-refractivity contribution in [1.29, 1.82) is 0 Å². The summed E-state index contributed by atoms with van der Waals surface area (Å²) in [6.45, 7) is 1.92. The van der Waals surface area contributed by atoms with Crippen molar-refractivity contribution in [1.82, 2.24) is 29.7 Å². The van der Waals surface area contributed by atoms with Gasteiger partial charge in [0, 0.05) is 31.9 Å². The highest BCUT2D eigenvalue weighted by Gasteiger charge is 2.27. The van der Waals surface area contributed by atoms with Crippen LogP contribution < -0.4 is 11.0 Å². The maximum absolute atomic E-state index is 12.9. The summed E-state index contributed by atoms with van der Waals surface area (Å²) in [5.41, 5.74) is 2.43. The van der Waals surface area contributed by atoms with Crippen molar-refractivity contribution < 1.29 is 9.59 Å². The Bertz CT molecular complexity index is 1180. The molecule has 1 aliphatic rings. The summed E-state index contributed by atoms with van der Waals surface area (Å²) in [5.74, 6) is 0.283. The predicted octanol–water partition coefficient (Wildman–Crippen LogP) is 2.76. The fourth-order valence-corrected chi connectivity index (χ4v) is 4.98. The maximum Gasteiger partial charge on any atom is 0.327 e. The van der Waals surface area contributed by atoms with E-state index in [1.54, 1.807) is 15.7 Å². The lowest BCUT2D eigenvalue weighted by molar-refractivity contribution is -0.109. The van der Waals surface area contributed by atoms with Gasteiger partial charge in [0.25, 0.3) is 0 Å². The van der Waals surface area contributed by atoms with Gasteiger partial charge in [0.05, 0.1) is 11.6 Å². The van der Waals surface area contributed by atoms with E-state index in [9.17, 15) is 14.4 Å². The van der Waals surface area contributed by atoms with E-state index >= 15 is 0 Å². The van der Waals surface area contributed by atoms with E-state index in [1.807, 2.05) is 44.4 Å². The van der Waals surface area contributed by atoms with E-state index in [2.05, 4.69) is 32.3 Å². The highest BCUT2D eigenvalue weighted by molar-refractivity contribution is 5.78. The van der Waals surface area contributed by atoms with Gasteiger partial charge < -0.3 is 19.9 Å². The van der Waals surface area contributed by atoms with Gasteiger partial charge >= 0.3 is 11.7 Å². The molecule has 2 N–H and O–H groups in total. The average molecular weight is 479 g/mol. The van der Waals surface area contributed by atoms with Crippen molar-refractivity contribution in [3.8, 4) is 0 Å². The summed E-state index contributed by atoms with van der Waals surface area (Å²) >= 11 is 0. The molecule has 2 atom stereocenters. The third kappa shape index (κ3) is 5.97. The Morgan fingerprint density at radius 3 is 2.60 bits per heavy atom. The minimum atomic E-state index is -0.532. The molecule has 9 nitrogen and oxygen atoms in total. The number of hydrogen-bond donors (Lipinski definition) is 2. The van der Waals surface area contributed by atoms with E-state index in [0.29, 0.717) is 38.0 Å². The van der Waals surface area contributed by atoms with Crippen molar-refractivity contribution in [2.45, 2.75) is 43.7 Å². The fraction of sp³-hybridized carbons (Fsp3) is 0.462. The number of urea groups is 1. The first-order valence-corrected chi connectivity index (χ1v) is 12.2. The summed E-state index contributed by atoms with van der Waals surface area (Å²) in [6, 6.07) is 13.2. The quantitative estimate of drug-likeness (QED) is 0.461. The molecule has 0 saturated carbocycles. The van der Waals surface area contributed by atoms with Crippen LogP contribution in [-0.2, 0) is 4.79 Å². The van der Waals surface area contributed by atoms with Crippen molar-refractivity contribution in [3.05, 3.63) is 64.7 Å². The number of carbonyl (C=O) groups is 2. The molecule has 2 unspecified atom stereocenters. The van der Waals surface area contributed by atoms with E-state index < -0.39 is 6.04 Å². The van der Waals surface area contributed by atoms with Crippen molar-refractivity contribution >= 4 is 23.5 Å². The first kappa shape index (κ1) is 24.7. The molecule has 9 heteroatoms. The van der Waals surface area contributed by atoms with Gasteiger partial charge in [-0.2, -0.15) is 0 Å². The summed E-state index contributed by atoms with van der Waals surface area (Å²) in [4.78, 5) is 48.0. The van der Waals surface area contributed by atoms with Crippen LogP contribution in [0, 0.1) is 0 Å². The third-order valence-corrected chi connectivity index (χ3v) is 6.76. The zero-order valence-electron chi connectivity index (χ0n) is 20.4. The van der Waals surface area contributed by atoms with Crippen LogP contribution in [0.4, 0.5) is 4.79 Å². The summed E-state index contributed by atoms with van der Waals surface area (Å²) in [5, 5.41) is 2.91. The number of amides is 2. The number of hydrogen-bond acceptors (Lipinski definition) is 5. The molecule has 3 aromatic rings. The van der Waals surface area contributed by atoms with Gasteiger partial charge in [-0.15, -0.1) is 0 Å². The Balaban J connectivity index is 1.32. The van der Waals surface area contributed by atoms with Crippen LogP contribution in [0.25, 0.3) is 11.2 Å². The number of benzene rings is 1. The number of carbonyl (C=O) groups excluding carboxylic acids is 2. The molecule has 3 heterocycles. The van der Waals surface area contributed by atoms with Crippen LogP contribution in [-0.4, -0.2) is 76.4 Å². The number of H-pyrrole nitrogens is 1. The molecule has 186 valence electrons. The summed E-state index contributed by atoms with van der Waals surface area (Å²) in [6.07, 6.45) is 5.20. The highest BCUT2D eigenvalue weighted by atomic mass is 16.2. The molecular weight excluding hydrogens is 444 g/mol. The molecule has 2 aromatic heterocycles. The molecular formula is C26H34N6O3. The molecule has 1 saturated heterocycles. The molecule has 1 aromatic carbocycles. The number of rotatable bonds is 9. The highest BCUT2D eigenvalue weighted by Crippen LogP contribution is 2.25. The summed E-state index contributed by atoms with van der Waals surface area (Å²) in [7, 11) is 4.08. The van der Waals surface area contributed by atoms with Crippen LogP contribution in [0.15, 0.2) is 53.5 Å². The van der Waals surface area contributed by atoms with Crippen LogP contribution in [0.1, 0.15) is 43.2 Å². The number of nitrogens with zero attached hydrogens (tertiary/aromatic N) is 4. The predicted molar refractivity (Wildman–Crippen MR) is 136 cm³/mol. The van der Waals surface area contributed by atoms with Gasteiger partial charge in [-0.25, -0.2) is 14.6 Å². The van der Waals surface area contributed by atoms with Gasteiger partial charge in [0.1, 0.15) is 6.29 Å². The Hall–Kier alpha value is -3.46. The van der Waals surface area contributed by atoms with E-state index in [1.165, 1.54) is 5.56 Å². The lowest BCUT2D eigenvalue weighted by Crippen LogP contribution is -2.49. The number of aldehydes is 1. The lowest BCUT2D eigenvalue weighted by atomic mass is 9.92. The SMILES string of the molecule is CN(C)CC(CCC(C=O)NC(=O)N1CCC(n2c(=O)[nH]c3ncccc32)CC1)c1ccccc1. The number of likely N-dealkylation sites (tertiary alicyclic amines) is 1. The van der Waals surface area contributed by atoms with Gasteiger partial charge in [0.15, 0.2) is 5.65 Å². The molecule has 0 radical (unpaired) electrons. The minimum absolute atomic E-state index is 0.00373. The first-order valence-electron chi connectivity index (χ1n) is 12.2. The smallest absolute Gasteiger partial charge is 0.327 e. The maximum atomic E-state index is 12.9. The Morgan fingerprint density at radius 1 is 1.17 bits per heavy atom. The molecule has 0 bridgehead atoms. The van der Waals surface area contributed by atoms with Gasteiger partial charge in [-0.3, -0.25) is 9.55 Å². The van der Waals surface area contributed by atoms with Crippen LogP contribution >= 0.6 is 0 Å². The van der Waals surface area contributed by atoms with Crippen LogP contribution in [0.5, 0.6) is 0 Å². The monoisotopic (exact) mass is 478 g/mol. The minimum Gasteiger partial charge on any atom is -0.328 e. The van der Waals surface area contributed by atoms with E-state index in [4.69, 9.17) is 0 Å². The number of piperidine rings is 1. The van der Waals surface area contributed by atoms with Crippen LogP contribution in [0.2, 0.25) is 0 Å². The van der Waals surface area contributed by atoms with Crippen molar-refractivity contribution in [2.24, 2.45) is 0 Å². The Kier molecular flexibility index (Phi) is 7.97. The molecule has 35 heavy (non-hydrogen) atoms. The number of pyridine rings is 1. The second kappa shape index (κ2) is 11.3. The van der Waals surface area contributed by atoms with Gasteiger partial charge in [-0.1, -0.05) is 30.3 Å². The number of nitrogens with one attached hydrogen (secondary N) is 2. The normalized spacial score (nSPS) is 16.4. The van der Waals surface area contributed by atoms with Crippen LogP contribution in [0.3, 0.4) is 0 Å². The first-order chi connectivity index (χ1) is 17.0. The molecule has 4 rings (SSSR count). The average Bonchev–Trinajstić information content (AvgIpc) is 3.21. The lowest BCUT2D eigenvalue weighted by Gasteiger charge is -2.33. The number of imidazole rings is 1. The largest absolute Gasteiger partial charge is 0.328 e. The third-order valence-electron chi connectivity index (χ3n) is 6.76. The number of aromatic nitrogens is 3. The second-order valence-electron chi connectivity index (χ2n) is 9.53. The number of aromatic amines is 1. The molecule has 0 aliphatic carbocycles. The zero-order chi connectivity index (χ0) is 24.8. The fourth-order valence-electron chi connectivity index (χ4n) is 4.98. The zero-order valence-corrected chi connectivity index (χ0v) is 20.4. The molecule has 2 amide bonds. The second-order valence-corrected chi connectivity index (χ2v) is 9.53. The van der Waals surface area contributed by atoms with Crippen molar-refractivity contribution in [3.63, 3.8) is 0 Å². The summed E-state index contributed by atoms with van der Waals surface area (Å²) < 4.78 is 1.75. The molecule has 0 spiro atoms.